The maximum Gasteiger partial charge on any atom is 0.307 e. The number of carboxylic acid groups (broad SMARTS) is 1. The van der Waals surface area contributed by atoms with Gasteiger partial charge in [-0.1, -0.05) is 43.7 Å². The molecule has 4 aromatic rings. The van der Waals surface area contributed by atoms with Crippen molar-refractivity contribution in [2.24, 2.45) is 5.73 Å². The van der Waals surface area contributed by atoms with Crippen molar-refractivity contribution in [3.8, 4) is 16.9 Å². The van der Waals surface area contributed by atoms with Gasteiger partial charge in [0.2, 0.25) is 0 Å². The molecule has 5 nitrogen and oxygen atoms in total. The number of carbonyl (C=O) groups is 1. The molecule has 0 aliphatic heterocycles. The highest BCUT2D eigenvalue weighted by molar-refractivity contribution is 5.93. The van der Waals surface area contributed by atoms with Crippen LogP contribution >= 0.6 is 0 Å². The van der Waals surface area contributed by atoms with Crippen LogP contribution in [0.15, 0.2) is 71.3 Å². The summed E-state index contributed by atoms with van der Waals surface area (Å²) in [7, 11) is 0. The van der Waals surface area contributed by atoms with E-state index in [9.17, 15) is 9.90 Å². The van der Waals surface area contributed by atoms with Gasteiger partial charge >= 0.3 is 5.97 Å². The molecule has 3 aromatic carbocycles. The van der Waals surface area contributed by atoms with E-state index in [1.54, 1.807) is 6.26 Å². The zero-order chi connectivity index (χ0) is 22.5. The van der Waals surface area contributed by atoms with Gasteiger partial charge in [-0.3, -0.25) is 4.79 Å². The topological polar surface area (TPSA) is 85.7 Å². The number of rotatable bonds is 9. The molecule has 0 radical (unpaired) electrons. The summed E-state index contributed by atoms with van der Waals surface area (Å²) in [6, 6.07) is 20.0. The summed E-state index contributed by atoms with van der Waals surface area (Å²) >= 11 is 0. The Labute approximate surface area is 187 Å². The largest absolute Gasteiger partial charge is 0.489 e. The number of aliphatic carboxylic acids is 1. The molecule has 0 spiro atoms. The van der Waals surface area contributed by atoms with E-state index in [1.807, 2.05) is 48.5 Å². The molecule has 0 unspecified atom stereocenters. The first kappa shape index (κ1) is 21.7. The van der Waals surface area contributed by atoms with Crippen molar-refractivity contribution in [3.05, 3.63) is 89.2 Å². The van der Waals surface area contributed by atoms with E-state index in [0.717, 1.165) is 51.6 Å². The first-order valence-electron chi connectivity index (χ1n) is 10.8. The molecule has 1 heterocycles. The molecule has 0 aliphatic rings. The van der Waals surface area contributed by atoms with Crippen molar-refractivity contribution in [1.29, 1.82) is 0 Å². The normalized spacial score (nSPS) is 11.1. The lowest BCUT2D eigenvalue weighted by atomic mass is 9.99. The quantitative estimate of drug-likeness (QED) is 0.356. The maximum atomic E-state index is 11.3. The number of aryl methyl sites for hydroxylation is 1. The van der Waals surface area contributed by atoms with Crippen LogP contribution in [0.25, 0.3) is 22.1 Å². The second kappa shape index (κ2) is 9.71. The molecule has 1 aromatic heterocycles. The molecule has 5 heteroatoms. The molecule has 164 valence electrons. The predicted octanol–water partition coefficient (Wildman–Crippen LogP) is 5.72. The molecule has 0 fully saturated rings. The third kappa shape index (κ3) is 4.84. The Hall–Kier alpha value is -3.57. The smallest absolute Gasteiger partial charge is 0.307 e. The lowest BCUT2D eigenvalue weighted by Crippen LogP contribution is -2.05. The van der Waals surface area contributed by atoms with Crippen LogP contribution in [-0.4, -0.2) is 11.1 Å². The van der Waals surface area contributed by atoms with Gasteiger partial charge in [0.05, 0.1) is 12.7 Å². The zero-order valence-electron chi connectivity index (χ0n) is 18.1. The summed E-state index contributed by atoms with van der Waals surface area (Å²) in [5.41, 5.74) is 12.5. The van der Waals surface area contributed by atoms with Gasteiger partial charge in [-0.25, -0.2) is 0 Å². The molecular formula is C27H27NO4. The van der Waals surface area contributed by atoms with Gasteiger partial charge in [0.1, 0.15) is 17.9 Å². The fraction of sp³-hybridized carbons (Fsp3) is 0.222. The molecular weight excluding hydrogens is 402 g/mol. The molecule has 0 saturated carbocycles. The molecule has 0 saturated heterocycles. The Balaban J connectivity index is 1.67. The highest BCUT2D eigenvalue weighted by Gasteiger charge is 2.13. The molecule has 0 atom stereocenters. The van der Waals surface area contributed by atoms with Crippen molar-refractivity contribution in [2.75, 3.05) is 0 Å². The number of fused-ring (bicyclic) bond motifs is 1. The van der Waals surface area contributed by atoms with Crippen LogP contribution in [0.5, 0.6) is 5.75 Å². The Kier molecular flexibility index (Phi) is 6.57. The Morgan fingerprint density at radius 2 is 1.91 bits per heavy atom. The molecule has 0 bridgehead atoms. The number of hydrogen-bond donors (Lipinski definition) is 2. The Morgan fingerprint density at radius 3 is 2.69 bits per heavy atom. The van der Waals surface area contributed by atoms with Crippen molar-refractivity contribution >= 4 is 16.9 Å². The summed E-state index contributed by atoms with van der Waals surface area (Å²) in [6.45, 7) is 2.91. The zero-order valence-corrected chi connectivity index (χ0v) is 18.1. The van der Waals surface area contributed by atoms with Crippen LogP contribution in [0.1, 0.15) is 35.6 Å². The Morgan fingerprint density at radius 1 is 1.03 bits per heavy atom. The monoisotopic (exact) mass is 429 g/mol. The van der Waals surface area contributed by atoms with Crippen LogP contribution in [0.3, 0.4) is 0 Å². The van der Waals surface area contributed by atoms with Gasteiger partial charge < -0.3 is 20.0 Å². The summed E-state index contributed by atoms with van der Waals surface area (Å²) in [5.74, 6) is -0.253. The second-order valence-electron chi connectivity index (χ2n) is 7.94. The van der Waals surface area contributed by atoms with Crippen LogP contribution in [0.2, 0.25) is 0 Å². The van der Waals surface area contributed by atoms with Crippen molar-refractivity contribution in [3.63, 3.8) is 0 Å². The van der Waals surface area contributed by atoms with Crippen molar-refractivity contribution in [1.82, 2.24) is 0 Å². The molecule has 3 N–H and O–H groups in total. The molecule has 32 heavy (non-hydrogen) atoms. The number of ether oxygens (including phenoxy) is 1. The van der Waals surface area contributed by atoms with Gasteiger partial charge in [0, 0.05) is 23.1 Å². The molecule has 4 rings (SSSR count). The van der Waals surface area contributed by atoms with Crippen LogP contribution in [0.4, 0.5) is 0 Å². The fourth-order valence-corrected chi connectivity index (χ4v) is 3.96. The summed E-state index contributed by atoms with van der Waals surface area (Å²) in [5, 5.41) is 10.3. The van der Waals surface area contributed by atoms with E-state index in [2.05, 4.69) is 19.1 Å². The molecule has 0 aliphatic carbocycles. The Bertz CT molecular complexity index is 1240. The van der Waals surface area contributed by atoms with E-state index in [0.29, 0.717) is 24.5 Å². The summed E-state index contributed by atoms with van der Waals surface area (Å²) in [4.78, 5) is 11.3. The second-order valence-corrected chi connectivity index (χ2v) is 7.94. The standard InChI is InChI=1S/C27H27NO4/c1-2-4-18-7-8-22(15-26(29)30)25(14-18)32-17-20-12-23-9-10-31-27(23)24(13-20)21-6-3-5-19(11-21)16-28/h3,5-14H,2,4,15-17,28H2,1H3,(H,29,30). The summed E-state index contributed by atoms with van der Waals surface area (Å²) in [6.07, 6.45) is 3.55. The van der Waals surface area contributed by atoms with E-state index in [4.69, 9.17) is 14.9 Å². The third-order valence-electron chi connectivity index (χ3n) is 5.49. The lowest BCUT2D eigenvalue weighted by Gasteiger charge is -2.14. The summed E-state index contributed by atoms with van der Waals surface area (Å²) < 4.78 is 11.9. The maximum absolute atomic E-state index is 11.3. The number of carboxylic acids is 1. The highest BCUT2D eigenvalue weighted by Crippen LogP contribution is 2.32. The van der Waals surface area contributed by atoms with Gasteiger partial charge in [-0.15, -0.1) is 0 Å². The number of hydrogen-bond acceptors (Lipinski definition) is 4. The van der Waals surface area contributed by atoms with E-state index in [1.165, 1.54) is 0 Å². The lowest BCUT2D eigenvalue weighted by molar-refractivity contribution is -0.136. The van der Waals surface area contributed by atoms with Crippen LogP contribution in [-0.2, 0) is 30.8 Å². The molecule has 0 amide bonds. The van der Waals surface area contributed by atoms with E-state index >= 15 is 0 Å². The third-order valence-corrected chi connectivity index (χ3v) is 5.49. The van der Waals surface area contributed by atoms with Gasteiger partial charge in [0.15, 0.2) is 0 Å². The number of benzene rings is 3. The van der Waals surface area contributed by atoms with E-state index < -0.39 is 5.97 Å². The average molecular weight is 430 g/mol. The first-order valence-corrected chi connectivity index (χ1v) is 10.8. The minimum atomic E-state index is -0.875. The van der Waals surface area contributed by atoms with Gasteiger partial charge in [0.25, 0.3) is 0 Å². The minimum Gasteiger partial charge on any atom is -0.489 e. The number of nitrogens with two attached hydrogens (primary N) is 1. The minimum absolute atomic E-state index is 0.0698. The predicted molar refractivity (Wildman–Crippen MR) is 126 cm³/mol. The SMILES string of the molecule is CCCc1ccc(CC(=O)O)c(OCc2cc(-c3cccc(CN)c3)c3occc3c2)c1. The van der Waals surface area contributed by atoms with Crippen LogP contribution < -0.4 is 10.5 Å². The van der Waals surface area contributed by atoms with Gasteiger partial charge in [-0.05, 0) is 59.0 Å². The van der Waals surface area contributed by atoms with Crippen molar-refractivity contribution < 1.29 is 19.1 Å². The van der Waals surface area contributed by atoms with Gasteiger partial charge in [-0.2, -0.15) is 0 Å². The first-order chi connectivity index (χ1) is 15.6. The number of furan rings is 1. The highest BCUT2D eigenvalue weighted by atomic mass is 16.5. The van der Waals surface area contributed by atoms with E-state index in [-0.39, 0.29) is 6.42 Å². The fourth-order valence-electron chi connectivity index (χ4n) is 3.96. The van der Waals surface area contributed by atoms with Crippen LogP contribution in [0, 0.1) is 0 Å². The average Bonchev–Trinajstić information content (AvgIpc) is 3.27. The van der Waals surface area contributed by atoms with Crippen molar-refractivity contribution in [2.45, 2.75) is 39.3 Å².